The van der Waals surface area contributed by atoms with Gasteiger partial charge in [-0.05, 0) is 42.7 Å². The third kappa shape index (κ3) is 3.77. The summed E-state index contributed by atoms with van der Waals surface area (Å²) in [6.07, 6.45) is 2.99. The quantitative estimate of drug-likeness (QED) is 0.723. The molecule has 0 aromatic carbocycles. The molecule has 0 bridgehead atoms. The smallest absolute Gasteiger partial charge is 0.132 e. The first-order valence-corrected chi connectivity index (χ1v) is 8.65. The fourth-order valence-electron chi connectivity index (χ4n) is 2.21. The van der Waals surface area contributed by atoms with Crippen molar-refractivity contribution in [3.05, 3.63) is 53.3 Å². The molecule has 3 heterocycles. The van der Waals surface area contributed by atoms with Crippen molar-refractivity contribution in [1.82, 2.24) is 15.0 Å². The maximum Gasteiger partial charge on any atom is 0.132 e. The minimum absolute atomic E-state index is 0.136. The Hall–Kier alpha value is -2.31. The second-order valence-electron chi connectivity index (χ2n) is 6.00. The average molecular weight is 340 g/mol. The molecule has 3 aromatic rings. The van der Waals surface area contributed by atoms with E-state index in [0.717, 1.165) is 32.8 Å². The second-order valence-corrected chi connectivity index (χ2v) is 7.07. The summed E-state index contributed by atoms with van der Waals surface area (Å²) in [6.45, 7) is 5.97. The lowest BCUT2D eigenvalue weighted by Crippen LogP contribution is -2.04. The zero-order valence-corrected chi connectivity index (χ0v) is 14.7. The first-order chi connectivity index (χ1) is 11.5. The molecule has 0 unspecified atom stereocenters. The molecule has 5 nitrogen and oxygen atoms in total. The van der Waals surface area contributed by atoms with Crippen LogP contribution >= 0.6 is 11.3 Å². The summed E-state index contributed by atoms with van der Waals surface area (Å²) >= 11 is 1.47. The summed E-state index contributed by atoms with van der Waals surface area (Å²) in [5.41, 5.74) is 1.96. The van der Waals surface area contributed by atoms with Gasteiger partial charge in [0.2, 0.25) is 0 Å². The van der Waals surface area contributed by atoms with Gasteiger partial charge < -0.3 is 10.4 Å². The number of aromatic nitrogens is 3. The highest BCUT2D eigenvalue weighted by atomic mass is 32.1. The third-order valence-electron chi connectivity index (χ3n) is 3.58. The summed E-state index contributed by atoms with van der Waals surface area (Å²) in [5, 5.41) is 14.1. The number of hydrogen-bond donors (Lipinski definition) is 2. The van der Waals surface area contributed by atoms with Crippen LogP contribution in [0.15, 0.2) is 42.7 Å². The van der Waals surface area contributed by atoms with Crippen LogP contribution in [0.2, 0.25) is 0 Å². The number of hydrogen-bond acceptors (Lipinski definition) is 6. The van der Waals surface area contributed by atoms with Crippen molar-refractivity contribution < 1.29 is 5.11 Å². The van der Waals surface area contributed by atoms with Crippen LogP contribution in [0.5, 0.6) is 0 Å². The molecule has 2 N–H and O–H groups in total. The topological polar surface area (TPSA) is 70.9 Å². The van der Waals surface area contributed by atoms with Gasteiger partial charge in [-0.3, -0.25) is 0 Å². The van der Waals surface area contributed by atoms with E-state index in [4.69, 9.17) is 0 Å². The molecule has 3 aromatic heterocycles. The fourth-order valence-corrected chi connectivity index (χ4v) is 3.25. The lowest BCUT2D eigenvalue weighted by Gasteiger charge is -2.10. The van der Waals surface area contributed by atoms with Gasteiger partial charge in [0, 0.05) is 12.4 Å². The van der Waals surface area contributed by atoms with Crippen LogP contribution in [0.25, 0.3) is 10.6 Å². The van der Waals surface area contributed by atoms with Gasteiger partial charge >= 0.3 is 0 Å². The summed E-state index contributed by atoms with van der Waals surface area (Å²) < 4.78 is 0. The predicted octanol–water partition coefficient (Wildman–Crippen LogP) is 4.34. The lowest BCUT2D eigenvalue weighted by atomic mass is 10.1. The van der Waals surface area contributed by atoms with Crippen molar-refractivity contribution in [3.8, 4) is 10.6 Å². The molecule has 1 atom stereocenters. The number of pyridine rings is 2. The predicted molar refractivity (Wildman–Crippen MR) is 97.4 cm³/mol. The third-order valence-corrected chi connectivity index (χ3v) is 4.67. The van der Waals surface area contributed by atoms with Crippen LogP contribution in [-0.2, 0) is 0 Å². The minimum Gasteiger partial charge on any atom is -0.386 e. The van der Waals surface area contributed by atoms with Gasteiger partial charge in [-0.2, -0.15) is 0 Å². The van der Waals surface area contributed by atoms with Crippen LogP contribution in [0.1, 0.15) is 30.5 Å². The Morgan fingerprint density at radius 3 is 2.71 bits per heavy atom. The number of aryl methyl sites for hydroxylation is 1. The van der Waals surface area contributed by atoms with Crippen LogP contribution in [0, 0.1) is 12.8 Å². The number of thiazole rings is 1. The van der Waals surface area contributed by atoms with Gasteiger partial charge in [-0.1, -0.05) is 19.9 Å². The molecule has 0 spiro atoms. The number of rotatable bonds is 5. The van der Waals surface area contributed by atoms with Gasteiger partial charge in [-0.25, -0.2) is 15.0 Å². The Labute approximate surface area is 145 Å². The molecular formula is C18H20N4OS. The molecule has 0 aliphatic carbocycles. The monoisotopic (exact) mass is 340 g/mol. The van der Waals surface area contributed by atoms with E-state index in [2.05, 4.69) is 20.3 Å². The van der Waals surface area contributed by atoms with Gasteiger partial charge in [0.25, 0.3) is 0 Å². The van der Waals surface area contributed by atoms with E-state index in [1.165, 1.54) is 11.3 Å². The maximum atomic E-state index is 10.1. The van der Waals surface area contributed by atoms with Crippen molar-refractivity contribution in [2.45, 2.75) is 26.9 Å². The second kappa shape index (κ2) is 7.07. The van der Waals surface area contributed by atoms with Gasteiger partial charge in [0.05, 0.1) is 10.6 Å². The Morgan fingerprint density at radius 2 is 1.96 bits per heavy atom. The molecule has 0 amide bonds. The summed E-state index contributed by atoms with van der Waals surface area (Å²) in [4.78, 5) is 14.2. The molecule has 6 heteroatoms. The first kappa shape index (κ1) is 16.5. The van der Waals surface area contributed by atoms with Crippen LogP contribution < -0.4 is 5.32 Å². The van der Waals surface area contributed by atoms with Gasteiger partial charge in [-0.15, -0.1) is 11.3 Å². The largest absolute Gasteiger partial charge is 0.386 e. The van der Waals surface area contributed by atoms with Crippen molar-refractivity contribution in [3.63, 3.8) is 0 Å². The Bertz CT molecular complexity index is 831. The van der Waals surface area contributed by atoms with E-state index >= 15 is 0 Å². The number of nitrogens with one attached hydrogen (secondary N) is 1. The number of nitrogens with zero attached hydrogens (tertiary/aromatic N) is 3. The van der Waals surface area contributed by atoms with Gasteiger partial charge in [0.1, 0.15) is 22.7 Å². The molecule has 0 aliphatic heterocycles. The molecule has 0 aliphatic rings. The van der Waals surface area contributed by atoms with Crippen LogP contribution in [-0.4, -0.2) is 20.1 Å². The normalized spacial score (nSPS) is 12.4. The fraction of sp³-hybridized carbons (Fsp3) is 0.278. The Kier molecular flexibility index (Phi) is 4.87. The molecular weight excluding hydrogens is 320 g/mol. The van der Waals surface area contributed by atoms with Gasteiger partial charge in [0.15, 0.2) is 0 Å². The van der Waals surface area contributed by atoms with E-state index in [9.17, 15) is 5.11 Å². The van der Waals surface area contributed by atoms with Crippen LogP contribution in [0.3, 0.4) is 0 Å². The van der Waals surface area contributed by atoms with E-state index in [0.29, 0.717) is 0 Å². The summed E-state index contributed by atoms with van der Waals surface area (Å²) in [5.74, 6) is 1.63. The van der Waals surface area contributed by atoms with Crippen molar-refractivity contribution in [2.24, 2.45) is 5.92 Å². The number of aliphatic hydroxyl groups is 1. The molecule has 0 radical (unpaired) electrons. The molecule has 124 valence electrons. The van der Waals surface area contributed by atoms with Crippen LogP contribution in [0.4, 0.5) is 11.6 Å². The maximum absolute atomic E-state index is 10.1. The average Bonchev–Trinajstić information content (AvgIpc) is 3.04. The minimum atomic E-state index is -0.540. The van der Waals surface area contributed by atoms with E-state index < -0.39 is 6.10 Å². The molecule has 0 fully saturated rings. The Morgan fingerprint density at radius 1 is 1.12 bits per heavy atom. The number of aliphatic hydroxyl groups excluding tert-OH is 1. The highest BCUT2D eigenvalue weighted by Gasteiger charge is 2.17. The Balaban J connectivity index is 1.83. The molecule has 3 rings (SSSR count). The standard InChI is InChI=1S/C18H20N4OS/c1-11(2)17(23)18-20-10-14(24-18)13-5-4-6-15(21-13)22-16-9-12(3)7-8-19-16/h4-11,17,23H,1-3H3,(H,19,21,22)/t17-/m0/s1. The highest BCUT2D eigenvalue weighted by molar-refractivity contribution is 7.15. The van der Waals surface area contributed by atoms with Crippen molar-refractivity contribution in [2.75, 3.05) is 5.32 Å². The van der Waals surface area contributed by atoms with E-state index in [1.54, 1.807) is 12.4 Å². The van der Waals surface area contributed by atoms with E-state index in [-0.39, 0.29) is 5.92 Å². The SMILES string of the molecule is Cc1ccnc(Nc2cccc(-c3cnc([C@@H](O)C(C)C)s3)n2)c1. The zero-order chi connectivity index (χ0) is 17.1. The summed E-state index contributed by atoms with van der Waals surface area (Å²) in [7, 11) is 0. The van der Waals surface area contributed by atoms with E-state index in [1.807, 2.05) is 51.1 Å². The molecule has 0 saturated carbocycles. The summed E-state index contributed by atoms with van der Waals surface area (Å²) in [6, 6.07) is 9.71. The molecule has 0 saturated heterocycles. The van der Waals surface area contributed by atoms with Crippen molar-refractivity contribution >= 4 is 23.0 Å². The van der Waals surface area contributed by atoms with Crippen molar-refractivity contribution in [1.29, 1.82) is 0 Å². The molecule has 24 heavy (non-hydrogen) atoms. The first-order valence-electron chi connectivity index (χ1n) is 7.84. The zero-order valence-electron chi connectivity index (χ0n) is 13.9. The number of anilines is 2. The highest BCUT2D eigenvalue weighted by Crippen LogP contribution is 2.31. The lowest BCUT2D eigenvalue weighted by molar-refractivity contribution is 0.126.